The van der Waals surface area contributed by atoms with Gasteiger partial charge in [-0.05, 0) is 38.0 Å². The average Bonchev–Trinajstić information content (AvgIpc) is 3.03. The summed E-state index contributed by atoms with van der Waals surface area (Å²) in [5, 5.41) is 5.62. The van der Waals surface area contributed by atoms with Crippen LogP contribution in [0.4, 0.5) is 5.69 Å². The zero-order valence-corrected chi connectivity index (χ0v) is 15.4. The van der Waals surface area contributed by atoms with Crippen LogP contribution in [0.25, 0.3) is 0 Å². The minimum Gasteiger partial charge on any atom is -0.355 e. The van der Waals surface area contributed by atoms with Gasteiger partial charge in [-0.15, -0.1) is 0 Å². The first kappa shape index (κ1) is 19.0. The van der Waals surface area contributed by atoms with E-state index >= 15 is 0 Å². The molecule has 1 aromatic rings. The predicted molar refractivity (Wildman–Crippen MR) is 97.3 cm³/mol. The molecule has 0 aromatic heterocycles. The van der Waals surface area contributed by atoms with Crippen molar-refractivity contribution >= 4 is 23.4 Å². The van der Waals surface area contributed by atoms with Gasteiger partial charge in [0.25, 0.3) is 5.91 Å². The molecule has 3 amide bonds. The molecule has 0 saturated carbocycles. The van der Waals surface area contributed by atoms with E-state index in [1.54, 1.807) is 29.2 Å². The molecular weight excluding hydrogens is 318 g/mol. The number of carbonyl (C=O) groups excluding carboxylic acids is 3. The van der Waals surface area contributed by atoms with E-state index in [4.69, 9.17) is 0 Å². The van der Waals surface area contributed by atoms with E-state index in [9.17, 15) is 14.4 Å². The van der Waals surface area contributed by atoms with Crippen LogP contribution in [0.1, 0.15) is 50.9 Å². The monoisotopic (exact) mass is 345 g/mol. The highest BCUT2D eigenvalue weighted by Crippen LogP contribution is 2.23. The predicted octanol–water partition coefficient (Wildman–Crippen LogP) is 2.41. The van der Waals surface area contributed by atoms with E-state index in [2.05, 4.69) is 10.6 Å². The third-order valence-corrected chi connectivity index (χ3v) is 4.22. The van der Waals surface area contributed by atoms with Crippen LogP contribution >= 0.6 is 0 Å². The second-order valence-electron chi connectivity index (χ2n) is 7.34. The smallest absolute Gasteiger partial charge is 0.254 e. The van der Waals surface area contributed by atoms with Gasteiger partial charge in [0.15, 0.2) is 0 Å². The fourth-order valence-corrected chi connectivity index (χ4v) is 2.79. The van der Waals surface area contributed by atoms with Crippen LogP contribution in [0.15, 0.2) is 24.3 Å². The van der Waals surface area contributed by atoms with E-state index in [0.29, 0.717) is 30.8 Å². The second kappa shape index (κ2) is 7.68. The van der Waals surface area contributed by atoms with Crippen LogP contribution in [0.5, 0.6) is 0 Å². The molecule has 1 saturated heterocycles. The molecule has 0 bridgehead atoms. The third-order valence-electron chi connectivity index (χ3n) is 4.22. The quantitative estimate of drug-likeness (QED) is 0.879. The molecule has 1 fully saturated rings. The van der Waals surface area contributed by atoms with E-state index in [1.165, 1.54) is 0 Å². The van der Waals surface area contributed by atoms with Crippen LogP contribution in [-0.2, 0) is 9.59 Å². The lowest BCUT2D eigenvalue weighted by molar-refractivity contribution is -0.124. The number of amides is 3. The summed E-state index contributed by atoms with van der Waals surface area (Å²) < 4.78 is 0. The Bertz CT molecular complexity index is 664. The first-order chi connectivity index (χ1) is 11.7. The summed E-state index contributed by atoms with van der Waals surface area (Å²) in [6.07, 6.45) is 1.49. The zero-order valence-electron chi connectivity index (χ0n) is 15.4. The molecule has 1 aliphatic rings. The Morgan fingerprint density at radius 2 is 1.96 bits per heavy atom. The number of likely N-dealkylation sites (N-methyl/N-ethyl adjacent to an activating group) is 1. The average molecular weight is 345 g/mol. The molecule has 1 aliphatic heterocycles. The van der Waals surface area contributed by atoms with Crippen molar-refractivity contribution < 1.29 is 14.4 Å². The van der Waals surface area contributed by atoms with Crippen LogP contribution in [0.2, 0.25) is 0 Å². The van der Waals surface area contributed by atoms with Crippen molar-refractivity contribution in [3.8, 4) is 0 Å². The molecule has 0 aliphatic carbocycles. The Balaban J connectivity index is 2.15. The normalized spacial score (nSPS) is 17.3. The molecule has 1 heterocycles. The van der Waals surface area contributed by atoms with Crippen LogP contribution in [0, 0.1) is 5.41 Å². The van der Waals surface area contributed by atoms with Crippen molar-refractivity contribution in [3.63, 3.8) is 0 Å². The zero-order chi connectivity index (χ0) is 18.6. The molecule has 2 N–H and O–H groups in total. The number of hydrogen-bond acceptors (Lipinski definition) is 3. The fraction of sp³-hybridized carbons (Fsp3) is 0.526. The van der Waals surface area contributed by atoms with Gasteiger partial charge in [0.05, 0.1) is 0 Å². The highest BCUT2D eigenvalue weighted by molar-refractivity contribution is 6.00. The maximum Gasteiger partial charge on any atom is 0.254 e. The molecule has 0 radical (unpaired) electrons. The van der Waals surface area contributed by atoms with Crippen molar-refractivity contribution in [2.75, 3.05) is 18.4 Å². The first-order valence-electron chi connectivity index (χ1n) is 8.74. The molecule has 1 aromatic carbocycles. The lowest BCUT2D eigenvalue weighted by atomic mass is 9.95. The third kappa shape index (κ3) is 4.59. The Morgan fingerprint density at radius 1 is 1.24 bits per heavy atom. The highest BCUT2D eigenvalue weighted by Gasteiger charge is 2.34. The number of anilines is 1. The summed E-state index contributed by atoms with van der Waals surface area (Å²) in [5.74, 6) is -0.398. The summed E-state index contributed by atoms with van der Waals surface area (Å²) in [4.78, 5) is 38.7. The van der Waals surface area contributed by atoms with Crippen molar-refractivity contribution in [2.45, 2.75) is 46.6 Å². The molecule has 6 heteroatoms. The molecule has 25 heavy (non-hydrogen) atoms. The largest absolute Gasteiger partial charge is 0.355 e. The fourth-order valence-electron chi connectivity index (χ4n) is 2.79. The van der Waals surface area contributed by atoms with E-state index < -0.39 is 11.5 Å². The number of likely N-dealkylation sites (tertiary alicyclic amines) is 1. The van der Waals surface area contributed by atoms with Gasteiger partial charge < -0.3 is 15.5 Å². The van der Waals surface area contributed by atoms with Gasteiger partial charge in [0, 0.05) is 29.8 Å². The Morgan fingerprint density at radius 3 is 2.60 bits per heavy atom. The van der Waals surface area contributed by atoms with Crippen molar-refractivity contribution in [1.82, 2.24) is 10.2 Å². The summed E-state index contributed by atoms with van der Waals surface area (Å²) in [5.41, 5.74) is 0.542. The lowest BCUT2D eigenvalue weighted by Crippen LogP contribution is -2.45. The maximum atomic E-state index is 12.8. The SMILES string of the molecule is CCNC(=O)C1CCCN1C(=O)c1cccc(NC(=O)C(C)(C)C)c1. The van der Waals surface area contributed by atoms with E-state index in [1.807, 2.05) is 27.7 Å². The number of benzene rings is 1. The number of nitrogens with zero attached hydrogens (tertiary/aromatic N) is 1. The van der Waals surface area contributed by atoms with Crippen molar-refractivity contribution in [2.24, 2.45) is 5.41 Å². The van der Waals surface area contributed by atoms with Crippen molar-refractivity contribution in [1.29, 1.82) is 0 Å². The van der Waals surface area contributed by atoms with Gasteiger partial charge in [0.1, 0.15) is 6.04 Å². The van der Waals surface area contributed by atoms with Gasteiger partial charge in [-0.1, -0.05) is 26.8 Å². The minimum absolute atomic E-state index is 0.106. The molecule has 1 unspecified atom stereocenters. The number of carbonyl (C=O) groups is 3. The maximum absolute atomic E-state index is 12.8. The van der Waals surface area contributed by atoms with Gasteiger partial charge in [0.2, 0.25) is 11.8 Å². The Hall–Kier alpha value is -2.37. The summed E-state index contributed by atoms with van der Waals surface area (Å²) in [6.45, 7) is 8.47. The highest BCUT2D eigenvalue weighted by atomic mass is 16.2. The first-order valence-corrected chi connectivity index (χ1v) is 8.74. The minimum atomic E-state index is -0.516. The lowest BCUT2D eigenvalue weighted by Gasteiger charge is -2.24. The second-order valence-corrected chi connectivity index (χ2v) is 7.34. The molecule has 6 nitrogen and oxygen atoms in total. The Kier molecular flexibility index (Phi) is 5.82. The van der Waals surface area contributed by atoms with Gasteiger partial charge in [-0.3, -0.25) is 14.4 Å². The van der Waals surface area contributed by atoms with Gasteiger partial charge >= 0.3 is 0 Å². The molecular formula is C19H27N3O3. The molecule has 2 rings (SSSR count). The van der Waals surface area contributed by atoms with Crippen LogP contribution in [0.3, 0.4) is 0 Å². The number of hydrogen-bond donors (Lipinski definition) is 2. The van der Waals surface area contributed by atoms with E-state index in [-0.39, 0.29) is 17.7 Å². The van der Waals surface area contributed by atoms with Gasteiger partial charge in [-0.2, -0.15) is 0 Å². The van der Waals surface area contributed by atoms with E-state index in [0.717, 1.165) is 6.42 Å². The summed E-state index contributed by atoms with van der Waals surface area (Å²) in [7, 11) is 0. The summed E-state index contributed by atoms with van der Waals surface area (Å²) in [6, 6.07) is 6.45. The standard InChI is InChI=1S/C19H27N3O3/c1-5-20-16(23)15-10-7-11-22(15)17(24)13-8-6-9-14(12-13)21-18(25)19(2,3)4/h6,8-9,12,15H,5,7,10-11H2,1-4H3,(H,20,23)(H,21,25). The molecule has 0 spiro atoms. The van der Waals surface area contributed by atoms with Crippen molar-refractivity contribution in [3.05, 3.63) is 29.8 Å². The molecule has 1 atom stereocenters. The number of nitrogens with one attached hydrogen (secondary N) is 2. The Labute approximate surface area is 149 Å². The van der Waals surface area contributed by atoms with Gasteiger partial charge in [-0.25, -0.2) is 0 Å². The van der Waals surface area contributed by atoms with Crippen LogP contribution in [-0.4, -0.2) is 41.8 Å². The topological polar surface area (TPSA) is 78.5 Å². The molecule has 136 valence electrons. The van der Waals surface area contributed by atoms with Crippen LogP contribution < -0.4 is 10.6 Å². The number of rotatable bonds is 4. The summed E-state index contributed by atoms with van der Waals surface area (Å²) >= 11 is 0.